The molecule has 0 radical (unpaired) electrons. The van der Waals surface area contributed by atoms with E-state index in [-0.39, 0.29) is 77.3 Å². The molecular weight excluding hydrogens is 444 g/mol. The summed E-state index contributed by atoms with van der Waals surface area (Å²) in [5.41, 5.74) is -1.10. The Morgan fingerprint density at radius 3 is 1.73 bits per heavy atom. The standard InChI is InChI=1S/C19H30O9S.Ca.2H/c1-14(2)16(20)27-12-19(5,13-28-17(21)15(3)4)18(22)26-10-8-6-7-9-11-29(23,24)25;;;/h1,3,6-13H2,2,4-5H3,(H,23,24,25);;;/q;+2;2*-1. The van der Waals surface area contributed by atoms with Gasteiger partial charge in [-0.05, 0) is 33.6 Å². The maximum Gasteiger partial charge on any atom is 2.00 e. The SMILES string of the molecule is C=C(C)C(=O)OCC(C)(COC(=O)C(=C)C)C(=O)OCCCCCCS(=O)(=O)O.[Ca+2].[H-].[H-]. The fraction of sp³-hybridized carbons (Fsp3) is 0.632. The summed E-state index contributed by atoms with van der Waals surface area (Å²) < 4.78 is 45.2. The Bertz CT molecular complexity index is 709. The maximum atomic E-state index is 12.5. The molecule has 0 aliphatic rings. The number of hydrogen-bond donors (Lipinski definition) is 1. The van der Waals surface area contributed by atoms with E-state index in [1.54, 1.807) is 0 Å². The molecule has 0 aromatic heterocycles. The van der Waals surface area contributed by atoms with Crippen LogP contribution in [0.5, 0.6) is 0 Å². The molecule has 0 aliphatic carbocycles. The van der Waals surface area contributed by atoms with Crippen LogP contribution in [0.15, 0.2) is 24.3 Å². The van der Waals surface area contributed by atoms with Gasteiger partial charge >= 0.3 is 55.6 Å². The summed E-state index contributed by atoms with van der Waals surface area (Å²) in [6.07, 6.45) is 1.92. The minimum Gasteiger partial charge on any atom is -1.00 e. The van der Waals surface area contributed by atoms with Gasteiger partial charge in [-0.2, -0.15) is 8.42 Å². The van der Waals surface area contributed by atoms with Crippen molar-refractivity contribution >= 4 is 65.8 Å². The number of carbonyl (C=O) groups excluding carboxylic acids is 3. The molecule has 0 aromatic rings. The van der Waals surface area contributed by atoms with Crippen molar-refractivity contribution in [3.63, 3.8) is 0 Å². The molecule has 0 atom stereocenters. The van der Waals surface area contributed by atoms with Gasteiger partial charge in [0.15, 0.2) is 0 Å². The van der Waals surface area contributed by atoms with Gasteiger partial charge < -0.3 is 17.1 Å². The van der Waals surface area contributed by atoms with E-state index in [9.17, 15) is 22.8 Å². The molecule has 0 fully saturated rings. The molecule has 0 aromatic carbocycles. The molecule has 170 valence electrons. The number of esters is 3. The minimum atomic E-state index is -3.97. The molecular formula is C19H32CaO9S. The second-order valence-corrected chi connectivity index (χ2v) is 8.68. The molecule has 1 N–H and O–H groups in total. The Morgan fingerprint density at radius 2 is 1.33 bits per heavy atom. The van der Waals surface area contributed by atoms with Crippen LogP contribution in [-0.4, -0.2) is 94.2 Å². The van der Waals surface area contributed by atoms with Gasteiger partial charge in [0.1, 0.15) is 18.6 Å². The Morgan fingerprint density at radius 1 is 0.900 bits per heavy atom. The first kappa shape index (κ1) is 31.2. The quantitative estimate of drug-likeness (QED) is 0.0998. The zero-order chi connectivity index (χ0) is 22.7. The van der Waals surface area contributed by atoms with E-state index in [0.29, 0.717) is 25.7 Å². The molecule has 11 heteroatoms. The first-order valence-electron chi connectivity index (χ1n) is 9.06. The van der Waals surface area contributed by atoms with Crippen LogP contribution in [0, 0.1) is 5.41 Å². The number of ether oxygens (including phenoxy) is 3. The summed E-state index contributed by atoms with van der Waals surface area (Å²) in [5.74, 6) is -2.39. The number of rotatable bonds is 14. The van der Waals surface area contributed by atoms with E-state index in [4.69, 9.17) is 18.8 Å². The van der Waals surface area contributed by atoms with Crippen molar-refractivity contribution in [2.45, 2.75) is 46.5 Å². The molecule has 0 heterocycles. The topological polar surface area (TPSA) is 133 Å². The predicted octanol–water partition coefficient (Wildman–Crippen LogP) is 2.07. The number of carbonyl (C=O) groups is 3. The summed E-state index contributed by atoms with van der Waals surface area (Å²) in [5, 5.41) is 0. The average Bonchev–Trinajstić information content (AvgIpc) is 2.61. The van der Waals surface area contributed by atoms with Crippen LogP contribution < -0.4 is 0 Å². The molecule has 0 spiro atoms. The van der Waals surface area contributed by atoms with Crippen molar-refractivity contribution in [2.24, 2.45) is 5.41 Å². The third kappa shape index (κ3) is 14.1. The van der Waals surface area contributed by atoms with Crippen LogP contribution in [0.25, 0.3) is 0 Å². The summed E-state index contributed by atoms with van der Waals surface area (Å²) in [6, 6.07) is 0. The van der Waals surface area contributed by atoms with E-state index < -0.39 is 33.4 Å². The first-order chi connectivity index (χ1) is 13.3. The monoisotopic (exact) mass is 476 g/mol. The zero-order valence-electron chi connectivity index (χ0n) is 19.9. The van der Waals surface area contributed by atoms with Gasteiger partial charge in [-0.15, -0.1) is 0 Å². The largest absolute Gasteiger partial charge is 2.00 e. The van der Waals surface area contributed by atoms with Crippen LogP contribution in [0.4, 0.5) is 0 Å². The van der Waals surface area contributed by atoms with Crippen LogP contribution in [0.1, 0.15) is 49.3 Å². The van der Waals surface area contributed by atoms with Gasteiger partial charge in [-0.3, -0.25) is 9.35 Å². The van der Waals surface area contributed by atoms with Gasteiger partial charge in [0.05, 0.1) is 12.4 Å². The maximum absolute atomic E-state index is 12.5. The van der Waals surface area contributed by atoms with Crippen molar-refractivity contribution in [3.05, 3.63) is 24.3 Å². The Kier molecular flexibility index (Phi) is 15.6. The van der Waals surface area contributed by atoms with Crippen molar-refractivity contribution in [3.8, 4) is 0 Å². The van der Waals surface area contributed by atoms with E-state index in [1.165, 1.54) is 20.8 Å². The Labute approximate surface area is 210 Å². The van der Waals surface area contributed by atoms with Crippen LogP contribution in [0.2, 0.25) is 0 Å². The molecule has 0 bridgehead atoms. The second kappa shape index (κ2) is 15.0. The van der Waals surface area contributed by atoms with Crippen LogP contribution in [0.3, 0.4) is 0 Å². The number of unbranched alkanes of at least 4 members (excludes halogenated alkanes) is 3. The van der Waals surface area contributed by atoms with E-state index in [1.807, 2.05) is 0 Å². The van der Waals surface area contributed by atoms with Crippen molar-refractivity contribution < 1.29 is 44.4 Å². The minimum absolute atomic E-state index is 0. The summed E-state index contributed by atoms with van der Waals surface area (Å²) in [7, 11) is -3.97. The molecule has 0 unspecified atom stereocenters. The van der Waals surface area contributed by atoms with E-state index in [0.717, 1.165) is 0 Å². The van der Waals surface area contributed by atoms with Gasteiger partial charge in [0.25, 0.3) is 10.1 Å². The summed E-state index contributed by atoms with van der Waals surface area (Å²) in [4.78, 5) is 35.8. The normalized spacial score (nSPS) is 11.1. The molecule has 0 amide bonds. The smallest absolute Gasteiger partial charge is 1.00 e. The van der Waals surface area contributed by atoms with Crippen molar-refractivity contribution in [1.82, 2.24) is 0 Å². The van der Waals surface area contributed by atoms with Crippen molar-refractivity contribution in [1.29, 1.82) is 0 Å². The van der Waals surface area contributed by atoms with Crippen LogP contribution in [-0.2, 0) is 38.7 Å². The van der Waals surface area contributed by atoms with Gasteiger partial charge in [-0.1, -0.05) is 26.0 Å². The molecule has 0 aliphatic heterocycles. The predicted molar refractivity (Wildman–Crippen MR) is 113 cm³/mol. The molecule has 30 heavy (non-hydrogen) atoms. The van der Waals surface area contributed by atoms with Gasteiger partial charge in [0.2, 0.25) is 0 Å². The molecule has 0 saturated carbocycles. The molecule has 0 rings (SSSR count). The molecule has 0 saturated heterocycles. The van der Waals surface area contributed by atoms with Gasteiger partial charge in [-0.25, -0.2) is 9.59 Å². The van der Waals surface area contributed by atoms with Crippen molar-refractivity contribution in [2.75, 3.05) is 25.6 Å². The van der Waals surface area contributed by atoms with E-state index >= 15 is 0 Å². The Balaban J connectivity index is -0.00000131. The van der Waals surface area contributed by atoms with Gasteiger partial charge in [0, 0.05) is 11.1 Å². The zero-order valence-corrected chi connectivity index (χ0v) is 20.9. The summed E-state index contributed by atoms with van der Waals surface area (Å²) >= 11 is 0. The Hall–Kier alpha value is -0.940. The fourth-order valence-corrected chi connectivity index (χ4v) is 2.50. The third-order valence-corrected chi connectivity index (χ3v) is 4.57. The van der Waals surface area contributed by atoms with E-state index in [2.05, 4.69) is 13.2 Å². The van der Waals surface area contributed by atoms with Crippen LogP contribution >= 0.6 is 0 Å². The first-order valence-corrected chi connectivity index (χ1v) is 10.7. The fourth-order valence-electron chi connectivity index (χ4n) is 1.93. The third-order valence-electron chi connectivity index (χ3n) is 3.76. The second-order valence-electron chi connectivity index (χ2n) is 7.11. The molecule has 9 nitrogen and oxygen atoms in total. The average molecular weight is 477 g/mol. The number of hydrogen-bond acceptors (Lipinski definition) is 8. The summed E-state index contributed by atoms with van der Waals surface area (Å²) in [6.45, 7) is 10.6.